The Hall–Kier alpha value is -3.08. The Bertz CT molecular complexity index is 1400. The number of benzene rings is 2. The van der Waals surface area contributed by atoms with Crippen LogP contribution in [0.5, 0.6) is 5.75 Å². The third-order valence-corrected chi connectivity index (χ3v) is 7.80. The Morgan fingerprint density at radius 3 is 2.56 bits per heavy atom. The van der Waals surface area contributed by atoms with Crippen LogP contribution in [0.1, 0.15) is 32.1 Å². The van der Waals surface area contributed by atoms with Crippen molar-refractivity contribution in [2.24, 2.45) is 0 Å². The molecule has 0 saturated heterocycles. The fourth-order valence-electron chi connectivity index (χ4n) is 4.75. The summed E-state index contributed by atoms with van der Waals surface area (Å²) >= 11 is 9.51. The van der Waals surface area contributed by atoms with E-state index in [2.05, 4.69) is 15.9 Å². The van der Waals surface area contributed by atoms with Crippen molar-refractivity contribution in [2.75, 3.05) is 20.2 Å². The molecule has 36 heavy (non-hydrogen) atoms. The van der Waals surface area contributed by atoms with E-state index in [-0.39, 0.29) is 55.9 Å². The van der Waals surface area contributed by atoms with E-state index in [4.69, 9.17) is 16.3 Å². The van der Waals surface area contributed by atoms with E-state index in [1.807, 2.05) is 24.3 Å². The van der Waals surface area contributed by atoms with E-state index < -0.39 is 6.10 Å². The van der Waals surface area contributed by atoms with E-state index in [1.54, 1.807) is 35.1 Å². The first-order valence-electron chi connectivity index (χ1n) is 11.4. The monoisotopic (exact) mass is 574 g/mol. The minimum Gasteiger partial charge on any atom is -0.497 e. The van der Waals surface area contributed by atoms with Gasteiger partial charge in [0.15, 0.2) is 0 Å². The largest absolute Gasteiger partial charge is 0.497 e. The number of imidazole rings is 1. The number of carbonyl (C=O) groups is 2. The highest BCUT2D eigenvalue weighted by Crippen LogP contribution is 2.26. The van der Waals surface area contributed by atoms with Crippen LogP contribution in [0.3, 0.4) is 0 Å². The molecule has 1 N–H and O–H groups in total. The number of fused-ring (bicyclic) bond motifs is 3. The minimum absolute atomic E-state index is 0.00921. The molecule has 0 radical (unpaired) electrons. The second-order valence-corrected chi connectivity index (χ2v) is 10.1. The van der Waals surface area contributed by atoms with Crippen LogP contribution >= 0.6 is 27.5 Å². The summed E-state index contributed by atoms with van der Waals surface area (Å²) in [5.74, 6) is 0.113. The average molecular weight is 576 g/mol. The van der Waals surface area contributed by atoms with Crippen LogP contribution in [0.2, 0.25) is 5.02 Å². The Labute approximate surface area is 220 Å². The molecule has 1 atom stereocenters. The SMILES string of the molecule is COc1ccc(CN2C[C@H](O)Cn3c(c4n(c3=O)CCN(C(=O)c3ccc(Br)c(Cl)c3)C4)C2=O)cc1. The van der Waals surface area contributed by atoms with Crippen molar-refractivity contribution >= 4 is 39.3 Å². The molecule has 0 spiro atoms. The number of amides is 2. The Morgan fingerprint density at radius 1 is 1.11 bits per heavy atom. The maximum absolute atomic E-state index is 13.7. The van der Waals surface area contributed by atoms with Gasteiger partial charge in [-0.1, -0.05) is 23.7 Å². The van der Waals surface area contributed by atoms with Crippen molar-refractivity contribution in [3.8, 4) is 5.75 Å². The number of hydrogen-bond donors (Lipinski definition) is 1. The summed E-state index contributed by atoms with van der Waals surface area (Å²) in [6.07, 6.45) is -0.904. The zero-order valence-corrected chi connectivity index (χ0v) is 21.8. The van der Waals surface area contributed by atoms with Crippen molar-refractivity contribution in [3.63, 3.8) is 0 Å². The summed E-state index contributed by atoms with van der Waals surface area (Å²) < 4.78 is 8.77. The van der Waals surface area contributed by atoms with E-state index in [9.17, 15) is 19.5 Å². The van der Waals surface area contributed by atoms with Crippen LogP contribution in [0, 0.1) is 0 Å². The first-order chi connectivity index (χ1) is 17.3. The van der Waals surface area contributed by atoms with Gasteiger partial charge in [-0.15, -0.1) is 0 Å². The van der Waals surface area contributed by atoms with Crippen molar-refractivity contribution in [2.45, 2.75) is 32.3 Å². The topological polar surface area (TPSA) is 97.0 Å². The van der Waals surface area contributed by atoms with Crippen LogP contribution < -0.4 is 10.4 Å². The predicted octanol–water partition coefficient (Wildman–Crippen LogP) is 2.75. The van der Waals surface area contributed by atoms with Crippen molar-refractivity contribution in [3.05, 3.63) is 85.0 Å². The fraction of sp³-hybridized carbons (Fsp3) is 0.320. The molecule has 1 aromatic heterocycles. The molecular weight excluding hydrogens is 552 g/mol. The van der Waals surface area contributed by atoms with Gasteiger partial charge in [-0.05, 0) is 51.8 Å². The van der Waals surface area contributed by atoms with Crippen LogP contribution in [-0.4, -0.2) is 62.2 Å². The molecule has 9 nitrogen and oxygen atoms in total. The highest BCUT2D eigenvalue weighted by Gasteiger charge is 2.36. The molecule has 188 valence electrons. The lowest BCUT2D eigenvalue weighted by atomic mass is 10.1. The molecule has 3 heterocycles. The lowest BCUT2D eigenvalue weighted by Gasteiger charge is -2.29. The van der Waals surface area contributed by atoms with Crippen LogP contribution in [0.25, 0.3) is 0 Å². The highest BCUT2D eigenvalue weighted by molar-refractivity contribution is 9.10. The normalized spacial score (nSPS) is 17.4. The molecule has 2 aliphatic heterocycles. The van der Waals surface area contributed by atoms with Gasteiger partial charge >= 0.3 is 5.69 Å². The van der Waals surface area contributed by atoms with Gasteiger partial charge in [0.05, 0.1) is 37.0 Å². The highest BCUT2D eigenvalue weighted by atomic mass is 79.9. The third-order valence-electron chi connectivity index (χ3n) is 6.57. The number of β-amino-alcohol motifs (C(OH)–C–C–N with tert-alkyl or cyclic N) is 1. The minimum atomic E-state index is -0.904. The lowest BCUT2D eigenvalue weighted by molar-refractivity contribution is 0.0616. The lowest BCUT2D eigenvalue weighted by Crippen LogP contribution is -2.42. The van der Waals surface area contributed by atoms with E-state index in [0.717, 1.165) is 5.56 Å². The van der Waals surface area contributed by atoms with Gasteiger partial charge in [0, 0.05) is 36.2 Å². The number of aliphatic hydroxyl groups is 1. The molecule has 2 aliphatic rings. The van der Waals surface area contributed by atoms with Gasteiger partial charge in [-0.25, -0.2) is 4.79 Å². The molecule has 0 bridgehead atoms. The molecule has 0 saturated carbocycles. The van der Waals surface area contributed by atoms with Crippen molar-refractivity contribution in [1.82, 2.24) is 18.9 Å². The van der Waals surface area contributed by atoms with E-state index in [0.29, 0.717) is 33.0 Å². The molecule has 0 unspecified atom stereocenters. The molecule has 2 amide bonds. The van der Waals surface area contributed by atoms with Crippen LogP contribution in [0.4, 0.5) is 0 Å². The van der Waals surface area contributed by atoms with Crippen LogP contribution in [-0.2, 0) is 26.2 Å². The number of nitrogens with zero attached hydrogens (tertiary/aromatic N) is 4. The number of carbonyl (C=O) groups excluding carboxylic acids is 2. The van der Waals surface area contributed by atoms with Gasteiger partial charge in [-0.2, -0.15) is 0 Å². The maximum Gasteiger partial charge on any atom is 0.329 e. The molecule has 2 aromatic carbocycles. The zero-order chi connectivity index (χ0) is 25.6. The summed E-state index contributed by atoms with van der Waals surface area (Å²) in [5.41, 5.74) is 1.63. The van der Waals surface area contributed by atoms with Crippen molar-refractivity contribution in [1.29, 1.82) is 0 Å². The molecule has 3 aromatic rings. The third kappa shape index (κ3) is 4.44. The molecular formula is C25H24BrClN4O5. The number of aliphatic hydroxyl groups excluding tert-OH is 1. The Morgan fingerprint density at radius 2 is 1.86 bits per heavy atom. The number of ether oxygens (including phenoxy) is 1. The summed E-state index contributed by atoms with van der Waals surface area (Å²) in [5, 5.41) is 11.1. The summed E-state index contributed by atoms with van der Waals surface area (Å²) in [6, 6.07) is 12.3. The van der Waals surface area contributed by atoms with E-state index in [1.165, 1.54) is 9.13 Å². The average Bonchev–Trinajstić information content (AvgIpc) is 3.07. The number of methoxy groups -OCH3 is 1. The quantitative estimate of drug-likeness (QED) is 0.516. The summed E-state index contributed by atoms with van der Waals surface area (Å²) in [6.45, 7) is 1.03. The number of hydrogen-bond acceptors (Lipinski definition) is 5. The smallest absolute Gasteiger partial charge is 0.329 e. The zero-order valence-electron chi connectivity index (χ0n) is 19.5. The summed E-state index contributed by atoms with van der Waals surface area (Å²) in [4.78, 5) is 43.3. The molecule has 11 heteroatoms. The van der Waals surface area contributed by atoms with Gasteiger partial charge < -0.3 is 19.6 Å². The number of aromatic nitrogens is 2. The van der Waals surface area contributed by atoms with Crippen LogP contribution in [0.15, 0.2) is 51.7 Å². The molecule has 0 aliphatic carbocycles. The fourth-order valence-corrected chi connectivity index (χ4v) is 5.18. The standard InChI is InChI=1S/C25H24BrClN4O5/c1-36-18-5-2-15(3-6-18)11-29-12-17(32)13-31-22(24(29)34)21-14-28(8-9-30(21)25(31)35)23(33)16-4-7-19(26)20(27)10-16/h2-7,10,17,32H,8-9,11-14H2,1H3/t17-/m0/s1. The van der Waals surface area contributed by atoms with Gasteiger partial charge in [0.1, 0.15) is 11.4 Å². The maximum atomic E-state index is 13.7. The Balaban J connectivity index is 1.47. The second kappa shape index (κ2) is 9.76. The number of rotatable bonds is 4. The first-order valence-corrected chi connectivity index (χ1v) is 12.6. The van der Waals surface area contributed by atoms with Crippen molar-refractivity contribution < 1.29 is 19.4 Å². The number of halogens is 2. The van der Waals surface area contributed by atoms with Gasteiger partial charge in [0.2, 0.25) is 0 Å². The predicted molar refractivity (Wildman–Crippen MR) is 136 cm³/mol. The van der Waals surface area contributed by atoms with Gasteiger partial charge in [0.25, 0.3) is 11.8 Å². The van der Waals surface area contributed by atoms with Gasteiger partial charge in [-0.3, -0.25) is 18.7 Å². The molecule has 5 rings (SSSR count). The Kier molecular flexibility index (Phi) is 6.67. The molecule has 0 fully saturated rings. The first kappa shape index (κ1) is 24.6. The second-order valence-electron chi connectivity index (χ2n) is 8.88. The summed E-state index contributed by atoms with van der Waals surface area (Å²) in [7, 11) is 1.58. The van der Waals surface area contributed by atoms with E-state index >= 15 is 0 Å².